The first kappa shape index (κ1) is 20.8. The molecule has 0 fully saturated rings. The summed E-state index contributed by atoms with van der Waals surface area (Å²) in [7, 11) is 0. The van der Waals surface area contributed by atoms with E-state index in [1.54, 1.807) is 0 Å². The summed E-state index contributed by atoms with van der Waals surface area (Å²) in [6.45, 7) is 19.0. The third kappa shape index (κ3) is 11.5. The van der Waals surface area contributed by atoms with Crippen molar-refractivity contribution in [2.75, 3.05) is 0 Å². The van der Waals surface area contributed by atoms with Crippen LogP contribution < -0.4 is 0 Å². The zero-order valence-electron chi connectivity index (χ0n) is 15.2. The molecule has 0 radical (unpaired) electrons. The van der Waals surface area contributed by atoms with Crippen LogP contribution in [-0.4, -0.2) is 6.69 Å². The summed E-state index contributed by atoms with van der Waals surface area (Å²) >= 11 is 12.6. The molecule has 0 amide bonds. The van der Waals surface area contributed by atoms with Crippen LogP contribution in [0.4, 0.5) is 0 Å². The summed E-state index contributed by atoms with van der Waals surface area (Å²) in [5.41, 5.74) is 1.12. The van der Waals surface area contributed by atoms with Crippen LogP contribution in [0.5, 0.6) is 0 Å². The summed E-state index contributed by atoms with van der Waals surface area (Å²) in [5, 5.41) is 0. The first-order chi connectivity index (χ1) is 8.52. The SMILES string of the molecule is CC(CC(C)(C)CC(C)(C)CC(C)(C)C)C[Si](C)(Cl)Cl. The van der Waals surface area contributed by atoms with Gasteiger partial charge in [0.2, 0.25) is 6.69 Å². The smallest absolute Gasteiger partial charge is 0.146 e. The third-order valence-electron chi connectivity index (χ3n) is 3.57. The van der Waals surface area contributed by atoms with Crippen molar-refractivity contribution in [1.82, 2.24) is 0 Å². The Balaban J connectivity index is 4.58. The number of hydrogen-bond acceptors (Lipinski definition) is 0. The molecule has 0 N–H and O–H groups in total. The second-order valence-corrected chi connectivity index (χ2v) is 18.0. The largest absolute Gasteiger partial charge is 0.248 e. The van der Waals surface area contributed by atoms with Gasteiger partial charge in [-0.15, -0.1) is 22.2 Å². The van der Waals surface area contributed by atoms with E-state index in [2.05, 4.69) is 55.4 Å². The summed E-state index contributed by atoms with van der Waals surface area (Å²) in [6, 6.07) is 0.999. The molecule has 0 aliphatic heterocycles. The topological polar surface area (TPSA) is 0 Å². The molecular weight excluding hydrogens is 303 g/mol. The average Bonchev–Trinajstić information content (AvgIpc) is 1.86. The van der Waals surface area contributed by atoms with Crippen molar-refractivity contribution in [2.45, 2.75) is 87.2 Å². The minimum Gasteiger partial charge on any atom is -0.146 e. The average molecular weight is 339 g/mol. The van der Waals surface area contributed by atoms with E-state index < -0.39 is 6.69 Å². The highest BCUT2D eigenvalue weighted by Gasteiger charge is 2.34. The van der Waals surface area contributed by atoms with Gasteiger partial charge in [0.25, 0.3) is 0 Å². The molecule has 0 rings (SSSR count). The van der Waals surface area contributed by atoms with Crippen molar-refractivity contribution >= 4 is 28.9 Å². The Morgan fingerprint density at radius 1 is 0.850 bits per heavy atom. The monoisotopic (exact) mass is 338 g/mol. The first-order valence-electron chi connectivity index (χ1n) is 7.89. The Morgan fingerprint density at radius 2 is 1.30 bits per heavy atom. The normalized spacial score (nSPS) is 16.4. The molecule has 0 saturated heterocycles. The molecule has 0 nitrogen and oxygen atoms in total. The van der Waals surface area contributed by atoms with Crippen LogP contribution in [-0.2, 0) is 0 Å². The predicted octanol–water partition coefficient (Wildman–Crippen LogP) is 7.44. The minimum absolute atomic E-state index is 0.349. The lowest BCUT2D eigenvalue weighted by molar-refractivity contribution is 0.118. The molecule has 0 aliphatic rings. The van der Waals surface area contributed by atoms with Gasteiger partial charge >= 0.3 is 0 Å². The molecule has 0 aromatic rings. The Labute approximate surface area is 138 Å². The van der Waals surface area contributed by atoms with Crippen molar-refractivity contribution in [1.29, 1.82) is 0 Å². The van der Waals surface area contributed by atoms with Crippen LogP contribution in [0, 0.1) is 22.2 Å². The molecule has 0 heterocycles. The van der Waals surface area contributed by atoms with Crippen molar-refractivity contribution in [3.63, 3.8) is 0 Å². The van der Waals surface area contributed by atoms with Gasteiger partial charge in [0.05, 0.1) is 0 Å². The molecule has 0 saturated carbocycles. The van der Waals surface area contributed by atoms with E-state index in [4.69, 9.17) is 22.2 Å². The Morgan fingerprint density at radius 3 is 1.65 bits per heavy atom. The second kappa shape index (κ2) is 6.92. The molecule has 0 aromatic heterocycles. The fourth-order valence-corrected chi connectivity index (χ4v) is 7.44. The highest BCUT2D eigenvalue weighted by Crippen LogP contribution is 2.45. The van der Waals surface area contributed by atoms with E-state index >= 15 is 0 Å². The van der Waals surface area contributed by atoms with Gasteiger partial charge in [-0.3, -0.25) is 0 Å². The van der Waals surface area contributed by atoms with Gasteiger partial charge in [0.1, 0.15) is 0 Å². The maximum atomic E-state index is 6.28. The van der Waals surface area contributed by atoms with Crippen LogP contribution in [0.1, 0.15) is 74.7 Å². The number of halogens is 2. The summed E-state index contributed by atoms with van der Waals surface area (Å²) < 4.78 is 0. The van der Waals surface area contributed by atoms with Crippen LogP contribution in [0.3, 0.4) is 0 Å². The number of hydrogen-bond donors (Lipinski definition) is 0. The van der Waals surface area contributed by atoms with Gasteiger partial charge in [-0.05, 0) is 54.0 Å². The standard InChI is InChI=1S/C17H36Cl2Si/c1-14(11-20(9,18)19)10-16(5,6)13-17(7,8)12-15(2,3)4/h14H,10-13H2,1-9H3. The number of rotatable bonds is 7. The molecule has 1 atom stereocenters. The van der Waals surface area contributed by atoms with Crippen molar-refractivity contribution < 1.29 is 0 Å². The van der Waals surface area contributed by atoms with Crippen molar-refractivity contribution in [2.24, 2.45) is 22.2 Å². The summed E-state index contributed by atoms with van der Waals surface area (Å²) in [4.78, 5) is 0. The van der Waals surface area contributed by atoms with Crippen molar-refractivity contribution in [3.05, 3.63) is 0 Å². The van der Waals surface area contributed by atoms with E-state index in [9.17, 15) is 0 Å². The molecule has 0 aromatic carbocycles. The Kier molecular flexibility index (Phi) is 7.19. The molecular formula is C17H36Cl2Si. The fourth-order valence-electron chi connectivity index (χ4n) is 4.49. The van der Waals surface area contributed by atoms with Gasteiger partial charge in [0, 0.05) is 0 Å². The molecule has 0 aliphatic carbocycles. The minimum atomic E-state index is -1.97. The van der Waals surface area contributed by atoms with Crippen LogP contribution in [0.25, 0.3) is 0 Å². The van der Waals surface area contributed by atoms with Gasteiger partial charge in [-0.1, -0.05) is 55.4 Å². The van der Waals surface area contributed by atoms with Gasteiger partial charge in [0.15, 0.2) is 0 Å². The Bertz CT molecular complexity index is 295. The predicted molar refractivity (Wildman–Crippen MR) is 98.2 cm³/mol. The van der Waals surface area contributed by atoms with Crippen LogP contribution in [0.15, 0.2) is 0 Å². The zero-order valence-corrected chi connectivity index (χ0v) is 17.7. The summed E-state index contributed by atoms with van der Waals surface area (Å²) in [5.74, 6) is 0.613. The third-order valence-corrected chi connectivity index (χ3v) is 5.91. The summed E-state index contributed by atoms with van der Waals surface area (Å²) in [6.07, 6.45) is 3.72. The maximum Gasteiger partial charge on any atom is 0.248 e. The lowest BCUT2D eigenvalue weighted by Crippen LogP contribution is -2.29. The highest BCUT2D eigenvalue weighted by molar-refractivity contribution is 7.44. The molecule has 1 unspecified atom stereocenters. The van der Waals surface area contributed by atoms with Gasteiger partial charge in [-0.25, -0.2) is 0 Å². The zero-order chi connectivity index (χ0) is 16.4. The second-order valence-electron chi connectivity index (χ2n) is 9.83. The highest BCUT2D eigenvalue weighted by atomic mass is 35.7. The lowest BCUT2D eigenvalue weighted by atomic mass is 9.66. The van der Waals surface area contributed by atoms with Crippen LogP contribution >= 0.6 is 22.2 Å². The first-order valence-corrected chi connectivity index (χ1v) is 12.6. The van der Waals surface area contributed by atoms with E-state index in [-0.39, 0.29) is 0 Å². The molecule has 3 heteroatoms. The molecule has 0 spiro atoms. The van der Waals surface area contributed by atoms with E-state index in [1.807, 2.05) is 6.55 Å². The molecule has 0 bridgehead atoms. The van der Waals surface area contributed by atoms with Gasteiger partial charge in [-0.2, -0.15) is 0 Å². The van der Waals surface area contributed by atoms with E-state index in [0.717, 1.165) is 6.04 Å². The molecule has 20 heavy (non-hydrogen) atoms. The quantitative estimate of drug-likeness (QED) is 0.334. The molecule has 122 valence electrons. The van der Waals surface area contributed by atoms with E-state index in [1.165, 1.54) is 19.3 Å². The van der Waals surface area contributed by atoms with Crippen molar-refractivity contribution in [3.8, 4) is 0 Å². The van der Waals surface area contributed by atoms with Crippen LogP contribution in [0.2, 0.25) is 12.6 Å². The van der Waals surface area contributed by atoms with Gasteiger partial charge < -0.3 is 0 Å². The Hall–Kier alpha value is 0.797. The maximum absolute atomic E-state index is 6.28. The lowest BCUT2D eigenvalue weighted by Gasteiger charge is -2.40. The van der Waals surface area contributed by atoms with E-state index in [0.29, 0.717) is 22.2 Å². The fraction of sp³-hybridized carbons (Fsp3) is 1.00.